The Bertz CT molecular complexity index is 971. The summed E-state index contributed by atoms with van der Waals surface area (Å²) in [5.74, 6) is 0. The Morgan fingerprint density at radius 3 is 2.00 bits per heavy atom. The smallest absolute Gasteiger partial charge is 0.294 e. The minimum absolute atomic E-state index is 0.103. The van der Waals surface area contributed by atoms with Crippen LogP contribution in [0.3, 0.4) is 0 Å². The molecule has 0 spiro atoms. The summed E-state index contributed by atoms with van der Waals surface area (Å²) in [6.07, 6.45) is 0. The van der Waals surface area contributed by atoms with Crippen molar-refractivity contribution in [2.24, 2.45) is 5.11 Å². The number of benzene rings is 2. The molecular weight excluding hydrogens is 668 g/mol. The molecule has 9 nitrogen and oxygen atoms in total. The molecule has 0 amide bonds. The third kappa shape index (κ3) is 5.94. The number of hydrogen-bond acceptors (Lipinski definition) is 8. The molecule has 2 aromatic carbocycles. The molecule has 0 unspecified atom stereocenters. The van der Waals surface area contributed by atoms with Crippen LogP contribution in [0.25, 0.3) is 0 Å². The van der Waals surface area contributed by atoms with Gasteiger partial charge in [0, 0.05) is 10.0 Å². The van der Waals surface area contributed by atoms with Crippen molar-refractivity contribution >= 4 is 97.3 Å². The van der Waals surface area contributed by atoms with E-state index in [9.17, 15) is 13.6 Å². The van der Waals surface area contributed by atoms with Gasteiger partial charge in [-0.05, 0) is 92.8 Å². The third-order valence-electron chi connectivity index (χ3n) is 2.82. The molecule has 0 atom stereocenters. The first-order valence-electron chi connectivity index (χ1n) is 6.34. The molecule has 15 heteroatoms. The fraction of sp³-hybridized carbons (Fsp3) is 0. The number of rotatable bonds is 6. The van der Waals surface area contributed by atoms with E-state index in [0.717, 1.165) is 12.1 Å². The summed E-state index contributed by atoms with van der Waals surface area (Å²) in [5, 5.41) is 28.2. The van der Waals surface area contributed by atoms with Crippen molar-refractivity contribution in [3.8, 4) is 0 Å². The average Bonchev–Trinajstić information content (AvgIpc) is 2.54. The Labute approximate surface area is 190 Å². The SMILES string of the molecule is O=S(=O)(O)c1cc(Br)c(N=[N+]([O-])c2c(Br)cc(SOOO)cc2Br)c(Br)c1. The van der Waals surface area contributed by atoms with Crippen molar-refractivity contribution in [1.82, 2.24) is 0 Å². The molecule has 0 fully saturated rings. The monoisotopic (exact) mass is 670 g/mol. The molecule has 0 aliphatic heterocycles. The molecular formula is C12H6Br4N2O7S2. The van der Waals surface area contributed by atoms with Gasteiger partial charge in [0.1, 0.15) is 0 Å². The second kappa shape index (κ2) is 9.60. The van der Waals surface area contributed by atoms with Crippen molar-refractivity contribution < 1.29 is 32.5 Å². The van der Waals surface area contributed by atoms with Gasteiger partial charge in [0.2, 0.25) is 0 Å². The minimum atomic E-state index is -4.42. The Morgan fingerprint density at radius 2 is 1.56 bits per heavy atom. The van der Waals surface area contributed by atoms with E-state index >= 15 is 0 Å². The lowest BCUT2D eigenvalue weighted by molar-refractivity contribution is -0.437. The minimum Gasteiger partial charge on any atom is -0.594 e. The van der Waals surface area contributed by atoms with E-state index in [2.05, 4.69) is 78.2 Å². The van der Waals surface area contributed by atoms with Gasteiger partial charge < -0.3 is 5.21 Å². The van der Waals surface area contributed by atoms with Crippen molar-refractivity contribution in [3.05, 3.63) is 47.4 Å². The van der Waals surface area contributed by atoms with Crippen LogP contribution < -0.4 is 0 Å². The summed E-state index contributed by atoms with van der Waals surface area (Å²) in [7, 11) is -4.42. The van der Waals surface area contributed by atoms with E-state index in [4.69, 9.17) is 9.81 Å². The summed E-state index contributed by atoms with van der Waals surface area (Å²) in [6.45, 7) is 0. The molecule has 0 bridgehead atoms. The van der Waals surface area contributed by atoms with Gasteiger partial charge in [-0.15, -0.1) is 4.33 Å². The highest BCUT2D eigenvalue weighted by molar-refractivity contribution is 9.11. The standard InChI is InChI=1S/C12H6Br4N2O7S2/c13-7-3-6(27(21,22)23)4-8(14)11(7)17-18(19)12-9(15)1-5(2-10(12)16)26-25-24-20/h1-4,20H,(H,21,22,23). The first kappa shape index (κ1) is 23.2. The van der Waals surface area contributed by atoms with E-state index in [1.165, 1.54) is 12.1 Å². The molecule has 0 aromatic heterocycles. The summed E-state index contributed by atoms with van der Waals surface area (Å²) in [5.41, 5.74) is 0.216. The van der Waals surface area contributed by atoms with Gasteiger partial charge in [-0.25, -0.2) is 5.26 Å². The topological polar surface area (TPSA) is 131 Å². The van der Waals surface area contributed by atoms with Gasteiger partial charge in [0.05, 0.1) is 34.8 Å². The maximum atomic E-state index is 12.5. The predicted octanol–water partition coefficient (Wildman–Crippen LogP) is 6.34. The van der Waals surface area contributed by atoms with Crippen molar-refractivity contribution in [2.45, 2.75) is 9.79 Å². The van der Waals surface area contributed by atoms with Gasteiger partial charge in [-0.2, -0.15) is 8.42 Å². The summed E-state index contributed by atoms with van der Waals surface area (Å²) in [6, 6.07) is 5.27. The quantitative estimate of drug-likeness (QED) is 0.0908. The second-order valence-corrected chi connectivity index (χ2v) is 10.2. The lowest BCUT2D eigenvalue weighted by Gasteiger charge is -2.08. The van der Waals surface area contributed by atoms with Crippen LogP contribution in [0.1, 0.15) is 0 Å². The molecule has 0 aliphatic rings. The highest BCUT2D eigenvalue weighted by Crippen LogP contribution is 2.41. The Kier molecular flexibility index (Phi) is 8.24. The average molecular weight is 674 g/mol. The van der Waals surface area contributed by atoms with Crippen LogP contribution in [0.2, 0.25) is 0 Å². The third-order valence-corrected chi connectivity index (χ3v) is 6.63. The number of azo groups is 1. The molecule has 0 saturated heterocycles. The predicted molar refractivity (Wildman–Crippen MR) is 110 cm³/mol. The maximum absolute atomic E-state index is 12.5. The zero-order valence-corrected chi connectivity index (χ0v) is 20.4. The van der Waals surface area contributed by atoms with Crippen LogP contribution in [0.4, 0.5) is 11.4 Å². The molecule has 2 N–H and O–H groups in total. The van der Waals surface area contributed by atoms with Crippen LogP contribution in [0.15, 0.2) is 57.1 Å². The number of hydrogen-bond donors (Lipinski definition) is 2. The molecule has 146 valence electrons. The fourth-order valence-electron chi connectivity index (χ4n) is 1.76. The summed E-state index contributed by atoms with van der Waals surface area (Å²) >= 11 is 13.4. The number of halogens is 4. The van der Waals surface area contributed by atoms with Gasteiger partial charge in [0.15, 0.2) is 5.69 Å². The highest BCUT2D eigenvalue weighted by Gasteiger charge is 2.21. The number of nitrogens with zero attached hydrogens (tertiary/aromatic N) is 2. The molecule has 0 radical (unpaired) electrons. The van der Waals surface area contributed by atoms with E-state index in [-0.39, 0.29) is 25.2 Å². The highest BCUT2D eigenvalue weighted by atomic mass is 79.9. The molecule has 0 heterocycles. The van der Waals surface area contributed by atoms with E-state index in [1.807, 2.05) is 0 Å². The van der Waals surface area contributed by atoms with Gasteiger partial charge in [0.25, 0.3) is 15.8 Å². The zero-order chi connectivity index (χ0) is 20.4. The second-order valence-electron chi connectivity index (χ2n) is 4.54. The Balaban J connectivity index is 2.49. The molecule has 0 aliphatic carbocycles. The van der Waals surface area contributed by atoms with Crippen LogP contribution in [-0.2, 0) is 19.5 Å². The summed E-state index contributed by atoms with van der Waals surface area (Å²) < 4.78 is 37.0. The Morgan fingerprint density at radius 1 is 1.04 bits per heavy atom. The van der Waals surface area contributed by atoms with Crippen LogP contribution in [-0.4, -0.2) is 23.1 Å². The van der Waals surface area contributed by atoms with Gasteiger partial charge in [-0.1, -0.05) is 5.04 Å². The van der Waals surface area contributed by atoms with Crippen LogP contribution in [0.5, 0.6) is 0 Å². The van der Waals surface area contributed by atoms with Crippen molar-refractivity contribution in [3.63, 3.8) is 0 Å². The Hall–Kier alpha value is -0.100. The fourth-order valence-corrected chi connectivity index (χ4v) is 6.17. The van der Waals surface area contributed by atoms with E-state index in [0.29, 0.717) is 30.7 Å². The molecule has 2 aromatic rings. The first-order valence-corrected chi connectivity index (χ1v) is 11.7. The van der Waals surface area contributed by atoms with E-state index < -0.39 is 10.1 Å². The lowest BCUT2D eigenvalue weighted by Crippen LogP contribution is -1.99. The van der Waals surface area contributed by atoms with E-state index in [1.54, 1.807) is 0 Å². The van der Waals surface area contributed by atoms with Gasteiger partial charge >= 0.3 is 0 Å². The largest absolute Gasteiger partial charge is 0.594 e. The first-order chi connectivity index (χ1) is 12.5. The molecule has 0 saturated carbocycles. The maximum Gasteiger partial charge on any atom is 0.294 e. The summed E-state index contributed by atoms with van der Waals surface area (Å²) in [4.78, 5) is 0.441. The van der Waals surface area contributed by atoms with Crippen molar-refractivity contribution in [2.75, 3.05) is 0 Å². The van der Waals surface area contributed by atoms with Crippen molar-refractivity contribution in [1.29, 1.82) is 0 Å². The van der Waals surface area contributed by atoms with Gasteiger partial charge in [-0.3, -0.25) is 4.55 Å². The lowest BCUT2D eigenvalue weighted by atomic mass is 10.3. The normalized spacial score (nSPS) is 12.4. The zero-order valence-electron chi connectivity index (χ0n) is 12.5. The van der Waals surface area contributed by atoms with Crippen LogP contribution in [0, 0.1) is 5.21 Å². The molecule has 27 heavy (non-hydrogen) atoms. The molecule has 2 rings (SSSR count). The van der Waals surface area contributed by atoms with Crippen LogP contribution >= 0.6 is 75.8 Å².